The van der Waals surface area contributed by atoms with E-state index < -0.39 is 0 Å². The first kappa shape index (κ1) is 11.0. The topological polar surface area (TPSA) is 29.9 Å². The molecule has 1 fully saturated rings. The average Bonchev–Trinajstić information content (AvgIpc) is 2.86. The van der Waals surface area contributed by atoms with E-state index in [0.29, 0.717) is 0 Å². The number of aromatic nitrogens is 2. The van der Waals surface area contributed by atoms with Crippen molar-refractivity contribution in [2.24, 2.45) is 0 Å². The highest BCUT2D eigenvalue weighted by Gasteiger charge is 2.20. The predicted molar refractivity (Wildman–Crippen MR) is 70.1 cm³/mol. The van der Waals surface area contributed by atoms with Gasteiger partial charge in [0.05, 0.1) is 6.54 Å². The van der Waals surface area contributed by atoms with E-state index in [1.54, 1.807) is 11.3 Å². The van der Waals surface area contributed by atoms with Gasteiger partial charge in [-0.1, -0.05) is 0 Å². The summed E-state index contributed by atoms with van der Waals surface area (Å²) >= 11 is 1.77. The third kappa shape index (κ3) is 2.96. The normalized spacial score (nSPS) is 15.3. The smallest absolute Gasteiger partial charge is 0.122 e. The highest BCUT2D eigenvalue weighted by molar-refractivity contribution is 7.07. The minimum Gasteiger partial charge on any atom is -0.334 e. The Morgan fingerprint density at radius 1 is 1.47 bits per heavy atom. The fourth-order valence-corrected chi connectivity index (χ4v) is 2.62. The highest BCUT2D eigenvalue weighted by Crippen LogP contribution is 2.19. The molecule has 0 aliphatic heterocycles. The Balaban J connectivity index is 1.56. The van der Waals surface area contributed by atoms with Crippen molar-refractivity contribution >= 4 is 11.3 Å². The van der Waals surface area contributed by atoms with Gasteiger partial charge in [-0.2, -0.15) is 11.3 Å². The lowest BCUT2D eigenvalue weighted by Crippen LogP contribution is -2.19. The van der Waals surface area contributed by atoms with Crippen LogP contribution < -0.4 is 5.32 Å². The molecule has 2 aromatic heterocycles. The number of nitrogens with zero attached hydrogens (tertiary/aromatic N) is 2. The molecule has 0 aromatic carbocycles. The summed E-state index contributed by atoms with van der Waals surface area (Å²) in [5.41, 5.74) is 1.42. The maximum atomic E-state index is 4.42. The molecule has 4 heteroatoms. The summed E-state index contributed by atoms with van der Waals surface area (Å²) in [7, 11) is 0. The molecule has 0 amide bonds. The van der Waals surface area contributed by atoms with Gasteiger partial charge >= 0.3 is 0 Å². The maximum Gasteiger partial charge on any atom is 0.122 e. The van der Waals surface area contributed by atoms with E-state index in [4.69, 9.17) is 0 Å². The molecule has 90 valence electrons. The fraction of sp³-hybridized carbons (Fsp3) is 0.462. The van der Waals surface area contributed by atoms with Gasteiger partial charge in [-0.15, -0.1) is 0 Å². The quantitative estimate of drug-likeness (QED) is 0.849. The van der Waals surface area contributed by atoms with Crippen LogP contribution in [0.1, 0.15) is 24.2 Å². The van der Waals surface area contributed by atoms with E-state index in [1.807, 2.05) is 6.20 Å². The zero-order valence-electron chi connectivity index (χ0n) is 9.80. The van der Waals surface area contributed by atoms with Gasteiger partial charge in [0.25, 0.3) is 0 Å². The third-order valence-electron chi connectivity index (χ3n) is 3.15. The number of hydrogen-bond acceptors (Lipinski definition) is 3. The molecule has 0 atom stereocenters. The van der Waals surface area contributed by atoms with Crippen molar-refractivity contribution < 1.29 is 0 Å². The Bertz CT molecular complexity index is 457. The highest BCUT2D eigenvalue weighted by atomic mass is 32.1. The molecule has 0 unspecified atom stereocenters. The SMILES string of the molecule is c1cn(CCc2ccsc2)c(CNC2CC2)n1. The van der Waals surface area contributed by atoms with Crippen LogP contribution in [0.3, 0.4) is 0 Å². The van der Waals surface area contributed by atoms with E-state index in [1.165, 1.54) is 18.4 Å². The van der Waals surface area contributed by atoms with Gasteiger partial charge < -0.3 is 9.88 Å². The van der Waals surface area contributed by atoms with Crippen LogP contribution in [0.5, 0.6) is 0 Å². The Kier molecular flexibility index (Phi) is 3.25. The molecule has 0 spiro atoms. The summed E-state index contributed by atoms with van der Waals surface area (Å²) in [6.07, 6.45) is 7.73. The largest absolute Gasteiger partial charge is 0.334 e. The van der Waals surface area contributed by atoms with Gasteiger partial charge in [0.15, 0.2) is 0 Å². The molecular weight excluding hydrogens is 230 g/mol. The van der Waals surface area contributed by atoms with Crippen LogP contribution in [0.15, 0.2) is 29.2 Å². The first-order chi connectivity index (χ1) is 8.42. The van der Waals surface area contributed by atoms with Gasteiger partial charge in [0, 0.05) is 25.0 Å². The lowest BCUT2D eigenvalue weighted by atomic mass is 10.2. The van der Waals surface area contributed by atoms with Crippen molar-refractivity contribution in [1.82, 2.24) is 14.9 Å². The average molecular weight is 247 g/mol. The zero-order valence-corrected chi connectivity index (χ0v) is 10.6. The van der Waals surface area contributed by atoms with E-state index in [-0.39, 0.29) is 0 Å². The molecule has 1 aliphatic carbocycles. The Morgan fingerprint density at radius 3 is 3.18 bits per heavy atom. The summed E-state index contributed by atoms with van der Waals surface area (Å²) in [4.78, 5) is 4.42. The zero-order chi connectivity index (χ0) is 11.5. The van der Waals surface area contributed by atoms with E-state index in [9.17, 15) is 0 Å². The maximum absolute atomic E-state index is 4.42. The van der Waals surface area contributed by atoms with Gasteiger partial charge in [-0.3, -0.25) is 0 Å². The number of hydrogen-bond donors (Lipinski definition) is 1. The molecule has 3 nitrogen and oxygen atoms in total. The van der Waals surface area contributed by atoms with Crippen molar-refractivity contribution in [1.29, 1.82) is 0 Å². The Morgan fingerprint density at radius 2 is 2.41 bits per heavy atom. The molecule has 0 radical (unpaired) electrons. The second kappa shape index (κ2) is 5.02. The van der Waals surface area contributed by atoms with Gasteiger partial charge in [-0.05, 0) is 41.7 Å². The summed E-state index contributed by atoms with van der Waals surface area (Å²) in [6, 6.07) is 2.95. The molecule has 1 aliphatic rings. The number of rotatable bonds is 6. The van der Waals surface area contributed by atoms with E-state index >= 15 is 0 Å². The van der Waals surface area contributed by atoms with Crippen LogP contribution in [0.2, 0.25) is 0 Å². The first-order valence-corrected chi connectivity index (χ1v) is 7.10. The molecule has 2 aromatic rings. The molecule has 0 saturated heterocycles. The van der Waals surface area contributed by atoms with Crippen molar-refractivity contribution in [3.63, 3.8) is 0 Å². The number of imidazole rings is 1. The fourth-order valence-electron chi connectivity index (χ4n) is 1.92. The lowest BCUT2D eigenvalue weighted by Gasteiger charge is -2.07. The first-order valence-electron chi connectivity index (χ1n) is 6.16. The van der Waals surface area contributed by atoms with Crippen LogP contribution in [0.4, 0.5) is 0 Å². The van der Waals surface area contributed by atoms with E-state index in [2.05, 4.69) is 37.9 Å². The second-order valence-corrected chi connectivity index (χ2v) is 5.35. The number of thiophene rings is 1. The van der Waals surface area contributed by atoms with Crippen LogP contribution in [0.25, 0.3) is 0 Å². The molecule has 1 N–H and O–H groups in total. The van der Waals surface area contributed by atoms with Crippen molar-refractivity contribution in [2.45, 2.75) is 38.4 Å². The van der Waals surface area contributed by atoms with Crippen molar-refractivity contribution in [3.05, 3.63) is 40.6 Å². The summed E-state index contributed by atoms with van der Waals surface area (Å²) in [6.45, 7) is 1.93. The predicted octanol–water partition coefficient (Wildman–Crippen LogP) is 2.44. The summed E-state index contributed by atoms with van der Waals surface area (Å²) < 4.78 is 2.26. The van der Waals surface area contributed by atoms with Gasteiger partial charge in [-0.25, -0.2) is 4.98 Å². The number of nitrogens with one attached hydrogen (secondary N) is 1. The monoisotopic (exact) mass is 247 g/mol. The van der Waals surface area contributed by atoms with Gasteiger partial charge in [0.1, 0.15) is 5.82 Å². The molecule has 3 rings (SSSR count). The van der Waals surface area contributed by atoms with Crippen molar-refractivity contribution in [3.8, 4) is 0 Å². The third-order valence-corrected chi connectivity index (χ3v) is 3.88. The summed E-state index contributed by atoms with van der Waals surface area (Å²) in [5, 5.41) is 7.87. The molecule has 1 saturated carbocycles. The van der Waals surface area contributed by atoms with Crippen molar-refractivity contribution in [2.75, 3.05) is 0 Å². The van der Waals surface area contributed by atoms with Gasteiger partial charge in [0.2, 0.25) is 0 Å². The molecule has 2 heterocycles. The Labute approximate surface area is 106 Å². The molecular formula is C13H17N3S. The van der Waals surface area contributed by atoms with E-state index in [0.717, 1.165) is 31.4 Å². The molecule has 17 heavy (non-hydrogen) atoms. The second-order valence-electron chi connectivity index (χ2n) is 4.57. The van der Waals surface area contributed by atoms with Crippen LogP contribution in [0, 0.1) is 0 Å². The van der Waals surface area contributed by atoms with Crippen LogP contribution in [-0.2, 0) is 19.5 Å². The molecule has 0 bridgehead atoms. The Hall–Kier alpha value is -1.13. The standard InChI is InChI=1S/C13H17N3S/c1-2-12(1)15-9-13-14-5-7-16(13)6-3-11-4-8-17-10-11/h4-5,7-8,10,12,15H,1-3,6,9H2. The summed E-state index contributed by atoms with van der Waals surface area (Å²) in [5.74, 6) is 1.16. The number of aryl methyl sites for hydroxylation is 2. The minimum absolute atomic E-state index is 0.747. The van der Waals surface area contributed by atoms with Crippen LogP contribution in [-0.4, -0.2) is 15.6 Å². The van der Waals surface area contributed by atoms with Crippen LogP contribution >= 0.6 is 11.3 Å². The minimum atomic E-state index is 0.747. The lowest BCUT2D eigenvalue weighted by molar-refractivity contribution is 0.593.